The summed E-state index contributed by atoms with van der Waals surface area (Å²) in [5.74, 6) is 1.37. The molecule has 1 atom stereocenters. The number of benzene rings is 4. The van der Waals surface area contributed by atoms with Crippen molar-refractivity contribution < 1.29 is 9.53 Å². The summed E-state index contributed by atoms with van der Waals surface area (Å²) in [4.78, 5) is 12.5. The van der Waals surface area contributed by atoms with Gasteiger partial charge in [0.15, 0.2) is 0 Å². The Morgan fingerprint density at radius 2 is 1.53 bits per heavy atom. The highest BCUT2D eigenvalue weighted by atomic mass is 16.5. The molecule has 1 amide bonds. The molecule has 32 heavy (non-hydrogen) atoms. The van der Waals surface area contributed by atoms with Crippen LogP contribution in [0.1, 0.15) is 24.0 Å². The molecule has 0 aliphatic carbocycles. The number of rotatable bonds is 9. The summed E-state index contributed by atoms with van der Waals surface area (Å²) in [5, 5.41) is 8.58. The van der Waals surface area contributed by atoms with Crippen LogP contribution in [0.2, 0.25) is 0 Å². The van der Waals surface area contributed by atoms with Crippen LogP contribution in [-0.4, -0.2) is 19.0 Å². The minimum atomic E-state index is -0.226. The van der Waals surface area contributed by atoms with Crippen molar-refractivity contribution in [1.29, 1.82) is 0 Å². The van der Waals surface area contributed by atoms with Crippen molar-refractivity contribution in [3.63, 3.8) is 0 Å². The number of fused-ring (bicyclic) bond motifs is 1. The molecule has 0 saturated heterocycles. The average molecular weight is 425 g/mol. The Kier molecular flexibility index (Phi) is 7.15. The number of nitrogens with one attached hydrogen (secondary N) is 2. The van der Waals surface area contributed by atoms with Gasteiger partial charge >= 0.3 is 0 Å². The third-order valence-electron chi connectivity index (χ3n) is 5.52. The summed E-state index contributed by atoms with van der Waals surface area (Å²) in [7, 11) is 0. The van der Waals surface area contributed by atoms with Gasteiger partial charge in [-0.2, -0.15) is 0 Å². The van der Waals surface area contributed by atoms with Gasteiger partial charge in [-0.1, -0.05) is 78.9 Å². The van der Waals surface area contributed by atoms with E-state index in [1.54, 1.807) is 0 Å². The first kappa shape index (κ1) is 21.6. The minimum absolute atomic E-state index is 0.0224. The molecule has 0 radical (unpaired) electrons. The number of hydrogen-bond donors (Lipinski definition) is 2. The van der Waals surface area contributed by atoms with Crippen molar-refractivity contribution >= 4 is 16.7 Å². The zero-order chi connectivity index (χ0) is 22.2. The summed E-state index contributed by atoms with van der Waals surface area (Å²) in [6.07, 6.45) is 0. The van der Waals surface area contributed by atoms with Crippen LogP contribution < -0.4 is 15.4 Å². The van der Waals surface area contributed by atoms with E-state index in [0.29, 0.717) is 6.54 Å². The molecule has 4 nitrogen and oxygen atoms in total. The molecule has 162 valence electrons. The van der Waals surface area contributed by atoms with Crippen molar-refractivity contribution in [1.82, 2.24) is 10.6 Å². The maximum Gasteiger partial charge on any atom is 0.227 e. The average Bonchev–Trinajstić information content (AvgIpc) is 2.84. The largest absolute Gasteiger partial charge is 0.457 e. The Hall–Kier alpha value is -3.63. The topological polar surface area (TPSA) is 50.4 Å². The van der Waals surface area contributed by atoms with Crippen molar-refractivity contribution in [3.8, 4) is 11.5 Å². The second kappa shape index (κ2) is 10.6. The van der Waals surface area contributed by atoms with Crippen LogP contribution in [0.25, 0.3) is 10.8 Å². The molecule has 4 aromatic carbocycles. The third kappa shape index (κ3) is 5.54. The van der Waals surface area contributed by atoms with Crippen LogP contribution in [0.15, 0.2) is 97.1 Å². The Bertz CT molecular complexity index is 1150. The fourth-order valence-electron chi connectivity index (χ4n) is 3.64. The zero-order valence-electron chi connectivity index (χ0n) is 18.3. The highest BCUT2D eigenvalue weighted by molar-refractivity contribution is 5.88. The van der Waals surface area contributed by atoms with E-state index in [-0.39, 0.29) is 11.8 Å². The molecule has 0 aliphatic heterocycles. The van der Waals surface area contributed by atoms with Gasteiger partial charge in [-0.15, -0.1) is 0 Å². The lowest BCUT2D eigenvalue weighted by atomic mass is 10.0. The standard InChI is InChI=1S/C28H28N2O2/c1-21(28(31)30-19-18-29-20-22-8-3-2-4-9-22)23-14-16-25(17-15-23)32-27-13-7-11-24-10-5-6-12-26(24)27/h2-17,21,29H,18-20H2,1H3,(H,30,31). The zero-order valence-corrected chi connectivity index (χ0v) is 18.3. The highest BCUT2D eigenvalue weighted by Crippen LogP contribution is 2.30. The van der Waals surface area contributed by atoms with Gasteiger partial charge in [-0.05, 0) is 41.6 Å². The van der Waals surface area contributed by atoms with Gasteiger partial charge in [0.05, 0.1) is 5.92 Å². The molecular weight excluding hydrogens is 396 g/mol. The van der Waals surface area contributed by atoms with Crippen LogP contribution >= 0.6 is 0 Å². The second-order valence-corrected chi connectivity index (χ2v) is 7.82. The summed E-state index contributed by atoms with van der Waals surface area (Å²) in [5.41, 5.74) is 2.20. The predicted molar refractivity (Wildman–Crippen MR) is 130 cm³/mol. The van der Waals surface area contributed by atoms with Crippen molar-refractivity contribution in [2.45, 2.75) is 19.4 Å². The second-order valence-electron chi connectivity index (χ2n) is 7.82. The lowest BCUT2D eigenvalue weighted by Gasteiger charge is -2.14. The fraction of sp³-hybridized carbons (Fsp3) is 0.179. The molecule has 0 aliphatic rings. The summed E-state index contributed by atoms with van der Waals surface area (Å²) < 4.78 is 6.11. The van der Waals surface area contributed by atoms with Gasteiger partial charge in [-0.25, -0.2) is 0 Å². The molecule has 0 saturated carbocycles. The van der Waals surface area contributed by atoms with E-state index < -0.39 is 0 Å². The van der Waals surface area contributed by atoms with Gasteiger partial charge < -0.3 is 15.4 Å². The number of ether oxygens (including phenoxy) is 1. The van der Waals surface area contributed by atoms with Crippen molar-refractivity contribution in [3.05, 3.63) is 108 Å². The molecule has 1 unspecified atom stereocenters. The predicted octanol–water partition coefficient (Wildman–Crippen LogP) is 5.64. The molecular formula is C28H28N2O2. The van der Waals surface area contributed by atoms with Crippen LogP contribution in [0.4, 0.5) is 0 Å². The van der Waals surface area contributed by atoms with E-state index >= 15 is 0 Å². The van der Waals surface area contributed by atoms with Crippen LogP contribution in [0, 0.1) is 0 Å². The van der Waals surface area contributed by atoms with Gasteiger partial charge in [-0.3, -0.25) is 4.79 Å². The lowest BCUT2D eigenvalue weighted by molar-refractivity contribution is -0.122. The van der Waals surface area contributed by atoms with E-state index in [2.05, 4.69) is 41.0 Å². The van der Waals surface area contributed by atoms with Crippen molar-refractivity contribution in [2.75, 3.05) is 13.1 Å². The molecule has 4 aromatic rings. The summed E-state index contributed by atoms with van der Waals surface area (Å²) in [6.45, 7) is 4.04. The molecule has 0 spiro atoms. The maximum absolute atomic E-state index is 12.5. The van der Waals surface area contributed by atoms with E-state index in [1.807, 2.05) is 73.7 Å². The molecule has 4 heteroatoms. The quantitative estimate of drug-likeness (QED) is 0.342. The Morgan fingerprint density at radius 1 is 0.812 bits per heavy atom. The van der Waals surface area contributed by atoms with E-state index in [1.165, 1.54) is 5.56 Å². The minimum Gasteiger partial charge on any atom is -0.457 e. The normalized spacial score (nSPS) is 11.8. The van der Waals surface area contributed by atoms with Crippen LogP contribution in [-0.2, 0) is 11.3 Å². The summed E-state index contributed by atoms with van der Waals surface area (Å²) >= 11 is 0. The van der Waals surface area contributed by atoms with Crippen molar-refractivity contribution in [2.24, 2.45) is 0 Å². The third-order valence-corrected chi connectivity index (χ3v) is 5.52. The SMILES string of the molecule is CC(C(=O)NCCNCc1ccccc1)c1ccc(Oc2cccc3ccccc23)cc1. The molecule has 0 aromatic heterocycles. The molecule has 2 N–H and O–H groups in total. The Balaban J connectivity index is 1.27. The monoisotopic (exact) mass is 424 g/mol. The highest BCUT2D eigenvalue weighted by Gasteiger charge is 2.15. The maximum atomic E-state index is 12.5. The van der Waals surface area contributed by atoms with Crippen LogP contribution in [0.3, 0.4) is 0 Å². The Morgan fingerprint density at radius 3 is 2.34 bits per heavy atom. The number of carbonyl (C=O) groups excluding carboxylic acids is 1. The first-order chi connectivity index (χ1) is 15.7. The van der Waals surface area contributed by atoms with E-state index in [0.717, 1.165) is 40.9 Å². The first-order valence-corrected chi connectivity index (χ1v) is 11.0. The van der Waals surface area contributed by atoms with E-state index in [4.69, 9.17) is 4.74 Å². The molecule has 0 heterocycles. The van der Waals surface area contributed by atoms with Gasteiger partial charge in [0.2, 0.25) is 5.91 Å². The fourth-order valence-corrected chi connectivity index (χ4v) is 3.64. The van der Waals surface area contributed by atoms with Crippen LogP contribution in [0.5, 0.6) is 11.5 Å². The molecule has 0 bridgehead atoms. The number of carbonyl (C=O) groups is 1. The number of hydrogen-bond acceptors (Lipinski definition) is 3. The van der Waals surface area contributed by atoms with Gasteiger partial charge in [0.25, 0.3) is 0 Å². The smallest absolute Gasteiger partial charge is 0.227 e. The van der Waals surface area contributed by atoms with Gasteiger partial charge in [0, 0.05) is 25.0 Å². The Labute approximate surface area is 189 Å². The number of amides is 1. The summed E-state index contributed by atoms with van der Waals surface area (Å²) in [6, 6.07) is 32.2. The van der Waals surface area contributed by atoms with Gasteiger partial charge in [0.1, 0.15) is 11.5 Å². The van der Waals surface area contributed by atoms with E-state index in [9.17, 15) is 4.79 Å². The molecule has 4 rings (SSSR count). The lowest BCUT2D eigenvalue weighted by Crippen LogP contribution is -2.34. The first-order valence-electron chi connectivity index (χ1n) is 11.0. The molecule has 0 fully saturated rings.